The van der Waals surface area contributed by atoms with Crippen molar-refractivity contribution < 1.29 is 4.79 Å². The molecule has 84 valence electrons. The summed E-state index contributed by atoms with van der Waals surface area (Å²) in [6.45, 7) is 8.08. The zero-order valence-corrected chi connectivity index (χ0v) is 9.99. The van der Waals surface area contributed by atoms with Gasteiger partial charge in [-0.15, -0.1) is 0 Å². The molecule has 1 saturated carbocycles. The number of hydrogen-bond donors (Lipinski definition) is 0. The van der Waals surface area contributed by atoms with Crippen molar-refractivity contribution >= 4 is 5.91 Å². The van der Waals surface area contributed by atoms with Crippen molar-refractivity contribution in [2.75, 3.05) is 13.1 Å². The molecule has 15 heavy (non-hydrogen) atoms. The summed E-state index contributed by atoms with van der Waals surface area (Å²) >= 11 is 0. The molecule has 0 aromatic carbocycles. The lowest BCUT2D eigenvalue weighted by molar-refractivity contribution is -0.127. The number of carbonyl (C=O) groups is 1. The number of rotatable bonds is 3. The first-order chi connectivity index (χ1) is 7.17. The monoisotopic (exact) mass is 207 g/mol. The van der Waals surface area contributed by atoms with E-state index in [0.717, 1.165) is 24.6 Å². The van der Waals surface area contributed by atoms with Crippen LogP contribution in [0.3, 0.4) is 0 Å². The van der Waals surface area contributed by atoms with Gasteiger partial charge in [-0.1, -0.05) is 13.0 Å². The molecule has 3 atom stereocenters. The zero-order valence-electron chi connectivity index (χ0n) is 9.99. The highest BCUT2D eigenvalue weighted by atomic mass is 16.2. The molecule has 0 saturated heterocycles. The minimum absolute atomic E-state index is 0.291. The Bertz CT molecular complexity index is 291. The van der Waals surface area contributed by atoms with Gasteiger partial charge in [-0.05, 0) is 44.4 Å². The Morgan fingerprint density at radius 3 is 2.47 bits per heavy atom. The Labute approximate surface area is 92.3 Å². The van der Waals surface area contributed by atoms with Crippen LogP contribution in [-0.2, 0) is 4.79 Å². The minimum atomic E-state index is 0.291. The molecule has 0 aromatic heterocycles. The molecule has 0 unspecified atom stereocenters. The molecule has 0 N–H and O–H groups in total. The number of nitrogens with zero attached hydrogens (tertiary/aromatic N) is 1. The second-order valence-corrected chi connectivity index (χ2v) is 4.91. The van der Waals surface area contributed by atoms with E-state index in [9.17, 15) is 4.79 Å². The van der Waals surface area contributed by atoms with Gasteiger partial charge in [0, 0.05) is 18.7 Å². The van der Waals surface area contributed by atoms with Crippen LogP contribution >= 0.6 is 0 Å². The number of likely N-dealkylation sites (N-methyl/N-ethyl adjacent to an activating group) is 1. The fourth-order valence-electron chi connectivity index (χ4n) is 3.07. The molecular weight excluding hydrogens is 186 g/mol. The summed E-state index contributed by atoms with van der Waals surface area (Å²) < 4.78 is 0. The van der Waals surface area contributed by atoms with E-state index in [4.69, 9.17) is 0 Å². The Hall–Kier alpha value is -0.790. The summed E-state index contributed by atoms with van der Waals surface area (Å²) in [6.07, 6.45) is 4.70. The lowest BCUT2D eigenvalue weighted by Gasteiger charge is -2.24. The normalized spacial score (nSPS) is 33.0. The fraction of sp³-hybridized carbons (Fsp3) is 0.769. The maximum Gasteiger partial charge on any atom is 0.249 e. The smallest absolute Gasteiger partial charge is 0.249 e. The Morgan fingerprint density at radius 1 is 1.40 bits per heavy atom. The van der Waals surface area contributed by atoms with E-state index >= 15 is 0 Å². The summed E-state index contributed by atoms with van der Waals surface area (Å²) in [4.78, 5) is 14.1. The molecule has 2 bridgehead atoms. The van der Waals surface area contributed by atoms with E-state index in [1.807, 2.05) is 4.90 Å². The van der Waals surface area contributed by atoms with Crippen LogP contribution in [0.2, 0.25) is 0 Å². The molecule has 2 nitrogen and oxygen atoms in total. The van der Waals surface area contributed by atoms with Gasteiger partial charge in [-0.25, -0.2) is 0 Å². The molecule has 1 fully saturated rings. The Balaban J connectivity index is 2.10. The van der Waals surface area contributed by atoms with E-state index in [1.165, 1.54) is 12.8 Å². The minimum Gasteiger partial charge on any atom is -0.339 e. The SMILES string of the molecule is CCN(CC)C(=O)C1=C[C@H]2C[C@H]1C[C@@H]2C. The van der Waals surface area contributed by atoms with Crippen molar-refractivity contribution in [3.05, 3.63) is 11.6 Å². The summed E-state index contributed by atoms with van der Waals surface area (Å²) in [5.74, 6) is 2.34. The van der Waals surface area contributed by atoms with Gasteiger partial charge < -0.3 is 4.90 Å². The second kappa shape index (κ2) is 3.99. The van der Waals surface area contributed by atoms with Crippen LogP contribution in [0.4, 0.5) is 0 Å². The van der Waals surface area contributed by atoms with Crippen molar-refractivity contribution in [3.8, 4) is 0 Å². The largest absolute Gasteiger partial charge is 0.339 e. The second-order valence-electron chi connectivity index (χ2n) is 4.91. The molecule has 0 aromatic rings. The van der Waals surface area contributed by atoms with Crippen molar-refractivity contribution in [1.29, 1.82) is 0 Å². The molecule has 0 heterocycles. The number of hydrogen-bond acceptors (Lipinski definition) is 1. The molecule has 2 heteroatoms. The van der Waals surface area contributed by atoms with Crippen LogP contribution in [0, 0.1) is 17.8 Å². The molecule has 0 spiro atoms. The molecule has 2 rings (SSSR count). The predicted octanol–water partition coefficient (Wildman–Crippen LogP) is 2.46. The summed E-state index contributed by atoms with van der Waals surface area (Å²) in [5.41, 5.74) is 1.11. The van der Waals surface area contributed by atoms with Gasteiger partial charge in [0.2, 0.25) is 5.91 Å². The number of allylic oxidation sites excluding steroid dienone is 1. The van der Waals surface area contributed by atoms with Gasteiger partial charge in [0.05, 0.1) is 0 Å². The highest BCUT2D eigenvalue weighted by molar-refractivity contribution is 5.94. The maximum absolute atomic E-state index is 12.2. The topological polar surface area (TPSA) is 20.3 Å². The number of amides is 1. The third kappa shape index (κ3) is 1.70. The third-order valence-electron chi connectivity index (χ3n) is 4.07. The lowest BCUT2D eigenvalue weighted by atomic mass is 9.90. The van der Waals surface area contributed by atoms with Crippen LogP contribution in [0.1, 0.15) is 33.6 Å². The van der Waals surface area contributed by atoms with Crippen LogP contribution < -0.4 is 0 Å². The Kier molecular flexibility index (Phi) is 2.85. The van der Waals surface area contributed by atoms with E-state index in [2.05, 4.69) is 26.8 Å². The average Bonchev–Trinajstić information content (AvgIpc) is 2.77. The first kappa shape index (κ1) is 10.7. The fourth-order valence-corrected chi connectivity index (χ4v) is 3.07. The average molecular weight is 207 g/mol. The standard InChI is InChI=1S/C13H21NO/c1-4-14(5-2)13(15)12-8-10-7-11(12)6-9(10)3/h8-11H,4-7H2,1-3H3/t9-,10+,11+/m0/s1. The molecule has 2 aliphatic rings. The lowest BCUT2D eigenvalue weighted by Crippen LogP contribution is -2.33. The van der Waals surface area contributed by atoms with E-state index in [1.54, 1.807) is 0 Å². The summed E-state index contributed by atoms with van der Waals surface area (Å²) in [6, 6.07) is 0. The highest BCUT2D eigenvalue weighted by Crippen LogP contribution is 2.47. The first-order valence-electron chi connectivity index (χ1n) is 6.18. The van der Waals surface area contributed by atoms with Gasteiger partial charge in [-0.2, -0.15) is 0 Å². The van der Waals surface area contributed by atoms with Crippen LogP contribution in [0.5, 0.6) is 0 Å². The molecule has 1 amide bonds. The molecule has 2 aliphatic carbocycles. The van der Waals surface area contributed by atoms with E-state index < -0.39 is 0 Å². The van der Waals surface area contributed by atoms with Crippen LogP contribution in [-0.4, -0.2) is 23.9 Å². The number of fused-ring (bicyclic) bond motifs is 2. The van der Waals surface area contributed by atoms with E-state index in [0.29, 0.717) is 17.7 Å². The highest BCUT2D eigenvalue weighted by Gasteiger charge is 2.41. The van der Waals surface area contributed by atoms with Gasteiger partial charge in [-0.3, -0.25) is 4.79 Å². The van der Waals surface area contributed by atoms with Gasteiger partial charge >= 0.3 is 0 Å². The van der Waals surface area contributed by atoms with Crippen LogP contribution in [0.25, 0.3) is 0 Å². The van der Waals surface area contributed by atoms with Crippen molar-refractivity contribution in [1.82, 2.24) is 4.90 Å². The molecule has 0 radical (unpaired) electrons. The van der Waals surface area contributed by atoms with Crippen molar-refractivity contribution in [2.24, 2.45) is 17.8 Å². The van der Waals surface area contributed by atoms with E-state index in [-0.39, 0.29) is 0 Å². The van der Waals surface area contributed by atoms with Gasteiger partial charge in [0.25, 0.3) is 0 Å². The third-order valence-corrected chi connectivity index (χ3v) is 4.07. The maximum atomic E-state index is 12.2. The van der Waals surface area contributed by atoms with Gasteiger partial charge in [0.15, 0.2) is 0 Å². The quantitative estimate of drug-likeness (QED) is 0.696. The van der Waals surface area contributed by atoms with Crippen molar-refractivity contribution in [2.45, 2.75) is 33.6 Å². The Morgan fingerprint density at radius 2 is 2.07 bits per heavy atom. The number of carbonyl (C=O) groups excluding carboxylic acids is 1. The first-order valence-corrected chi connectivity index (χ1v) is 6.18. The van der Waals surface area contributed by atoms with Crippen molar-refractivity contribution in [3.63, 3.8) is 0 Å². The predicted molar refractivity (Wildman–Crippen MR) is 61.4 cm³/mol. The van der Waals surface area contributed by atoms with Gasteiger partial charge in [0.1, 0.15) is 0 Å². The summed E-state index contributed by atoms with van der Waals surface area (Å²) in [5, 5.41) is 0. The zero-order chi connectivity index (χ0) is 11.0. The van der Waals surface area contributed by atoms with Crippen LogP contribution in [0.15, 0.2) is 11.6 Å². The molecule has 0 aliphatic heterocycles. The molecular formula is C13H21NO. The summed E-state index contributed by atoms with van der Waals surface area (Å²) in [7, 11) is 0.